The van der Waals surface area contributed by atoms with Gasteiger partial charge in [-0.1, -0.05) is 72.8 Å². The number of hydrogen-bond donors (Lipinski definition) is 2. The van der Waals surface area contributed by atoms with Crippen molar-refractivity contribution in [2.75, 3.05) is 10.5 Å². The highest BCUT2D eigenvalue weighted by Gasteiger charge is 2.26. The zero-order valence-electron chi connectivity index (χ0n) is 15.6. The van der Waals surface area contributed by atoms with E-state index in [4.69, 9.17) is 23.2 Å². The van der Waals surface area contributed by atoms with Gasteiger partial charge in [-0.15, -0.1) is 28.4 Å². The Morgan fingerprint density at radius 3 is 1.93 bits per heavy atom. The number of nitrogens with zero attached hydrogens (tertiary/aromatic N) is 2. The Hall–Kier alpha value is -2.58. The first-order valence-corrected chi connectivity index (χ1v) is 9.82. The molecule has 0 aromatic heterocycles. The molecule has 3 aromatic rings. The van der Waals surface area contributed by atoms with E-state index in [1.165, 1.54) is 6.07 Å². The Labute approximate surface area is 183 Å². The van der Waals surface area contributed by atoms with Crippen molar-refractivity contribution in [2.24, 2.45) is 0 Å². The molecule has 0 amide bonds. The van der Waals surface area contributed by atoms with Crippen molar-refractivity contribution in [3.63, 3.8) is 0 Å². The van der Waals surface area contributed by atoms with Gasteiger partial charge in [0, 0.05) is 11.3 Å². The highest BCUT2D eigenvalue weighted by molar-refractivity contribution is 6.30. The summed E-state index contributed by atoms with van der Waals surface area (Å²) in [6.07, 6.45) is 3.30. The Bertz CT molecular complexity index is 999. The number of hydrogen-bond acceptors (Lipinski definition) is 6. The molecule has 0 saturated heterocycles. The van der Waals surface area contributed by atoms with E-state index in [9.17, 15) is 20.8 Å². The van der Waals surface area contributed by atoms with Gasteiger partial charge >= 0.3 is 0 Å². The largest absolute Gasteiger partial charge is 0.769 e. The maximum absolute atomic E-state index is 11.6. The van der Waals surface area contributed by atoms with Crippen LogP contribution >= 0.6 is 23.2 Å². The second-order valence-electron chi connectivity index (χ2n) is 6.47. The van der Waals surface area contributed by atoms with E-state index >= 15 is 0 Å². The monoisotopic (exact) mass is 444 g/mol. The van der Waals surface area contributed by atoms with Crippen LogP contribution in [0.3, 0.4) is 0 Å². The van der Waals surface area contributed by atoms with Gasteiger partial charge in [-0.2, -0.15) is 0 Å². The van der Waals surface area contributed by atoms with Gasteiger partial charge in [-0.25, -0.2) is 0 Å². The molecule has 8 heteroatoms. The van der Waals surface area contributed by atoms with Gasteiger partial charge in [-0.3, -0.25) is 10.4 Å². The molecule has 2 N–H and O–H groups in total. The lowest BCUT2D eigenvalue weighted by Crippen LogP contribution is -2.17. The highest BCUT2D eigenvalue weighted by atomic mass is 35.5. The number of rotatable bonds is 7. The molecule has 6 nitrogen and oxygen atoms in total. The molecule has 3 rings (SSSR count). The molecule has 0 aliphatic rings. The van der Waals surface area contributed by atoms with Crippen molar-refractivity contribution >= 4 is 46.7 Å². The van der Waals surface area contributed by atoms with Crippen LogP contribution in [0.5, 0.6) is 0 Å². The van der Waals surface area contributed by atoms with Gasteiger partial charge in [0.25, 0.3) is 0 Å². The van der Waals surface area contributed by atoms with E-state index in [1.54, 1.807) is 24.3 Å². The summed E-state index contributed by atoms with van der Waals surface area (Å²) in [5.41, 5.74) is 1.55. The van der Waals surface area contributed by atoms with Crippen LogP contribution in [0.4, 0.5) is 11.4 Å². The SMILES string of the molecule is [O-]N([O-])c1cc(N(O)O)c([C@@H](Cl)[C@@H](Cl)c2ccccc2)cc1C=Cc1ccccc1. The van der Waals surface area contributed by atoms with Crippen LogP contribution in [0.2, 0.25) is 0 Å². The number of alkyl halides is 2. The van der Waals surface area contributed by atoms with E-state index < -0.39 is 16.0 Å². The zero-order valence-corrected chi connectivity index (χ0v) is 17.1. The van der Waals surface area contributed by atoms with Crippen molar-refractivity contribution in [3.05, 3.63) is 105 Å². The number of halogens is 2. The molecule has 0 unspecified atom stereocenters. The van der Waals surface area contributed by atoms with Gasteiger partial charge in [0.15, 0.2) is 0 Å². The molecule has 0 bridgehead atoms. The van der Waals surface area contributed by atoms with Gasteiger partial charge in [0.05, 0.1) is 10.8 Å². The third-order valence-corrected chi connectivity index (χ3v) is 5.64. The lowest BCUT2D eigenvalue weighted by atomic mass is 9.98. The summed E-state index contributed by atoms with van der Waals surface area (Å²) in [7, 11) is 0. The van der Waals surface area contributed by atoms with Crippen LogP contribution < -0.4 is 10.5 Å². The molecule has 156 valence electrons. The molecule has 0 fully saturated rings. The molecular weight excluding hydrogens is 427 g/mol. The normalized spacial score (nSPS) is 13.3. The summed E-state index contributed by atoms with van der Waals surface area (Å²) in [4.78, 5) is 0. The highest BCUT2D eigenvalue weighted by Crippen LogP contribution is 2.45. The molecule has 2 atom stereocenters. The first-order valence-electron chi connectivity index (χ1n) is 8.95. The van der Waals surface area contributed by atoms with Crippen molar-refractivity contribution in [3.8, 4) is 0 Å². The van der Waals surface area contributed by atoms with Gasteiger partial charge in [0.1, 0.15) is 5.69 Å². The van der Waals surface area contributed by atoms with Crippen molar-refractivity contribution in [1.82, 2.24) is 0 Å². The second-order valence-corrected chi connectivity index (χ2v) is 7.42. The summed E-state index contributed by atoms with van der Waals surface area (Å²) in [5, 5.41) is 40.1. The van der Waals surface area contributed by atoms with Crippen LogP contribution in [0.1, 0.15) is 33.0 Å². The molecular formula is C22H18Cl2N2O4-2. The van der Waals surface area contributed by atoms with Crippen LogP contribution in [0, 0.1) is 10.4 Å². The van der Waals surface area contributed by atoms with Gasteiger partial charge < -0.3 is 15.6 Å². The second kappa shape index (κ2) is 9.95. The predicted octanol–water partition coefficient (Wildman–Crippen LogP) is 6.50. The summed E-state index contributed by atoms with van der Waals surface area (Å²) in [6, 6.07) is 20.8. The third-order valence-electron chi connectivity index (χ3n) is 4.52. The molecule has 0 radical (unpaired) electrons. The van der Waals surface area contributed by atoms with E-state index in [0.29, 0.717) is 0 Å². The fraction of sp³-hybridized carbons (Fsp3) is 0.0909. The van der Waals surface area contributed by atoms with E-state index in [1.807, 2.05) is 48.5 Å². The Balaban J connectivity index is 2.08. The average molecular weight is 445 g/mol. The van der Waals surface area contributed by atoms with Crippen LogP contribution in [0.25, 0.3) is 12.2 Å². The maximum atomic E-state index is 11.6. The standard InChI is InChI=1S/C22H18Cl2N2O4/c23-21(16-9-5-2-6-10-16)22(24)18-13-17(12-11-15-7-3-1-4-8-15)19(25(27)28)14-20(18)26(29)30/h1-14,21-22,29-30H/q-2/t21-,22+/m0/s1. The molecule has 0 aliphatic heterocycles. The fourth-order valence-electron chi connectivity index (χ4n) is 3.01. The zero-order chi connectivity index (χ0) is 21.7. The lowest BCUT2D eigenvalue weighted by Gasteiger charge is -2.39. The van der Waals surface area contributed by atoms with Crippen molar-refractivity contribution in [2.45, 2.75) is 10.8 Å². The van der Waals surface area contributed by atoms with Crippen LogP contribution in [0.15, 0.2) is 72.8 Å². The molecule has 3 aromatic carbocycles. The smallest absolute Gasteiger partial charge is 0.101 e. The molecule has 0 heterocycles. The Kier molecular flexibility index (Phi) is 7.33. The van der Waals surface area contributed by atoms with Crippen molar-refractivity contribution < 1.29 is 10.4 Å². The van der Waals surface area contributed by atoms with E-state index in [0.717, 1.165) is 17.2 Å². The molecule has 0 spiro atoms. The number of anilines is 2. The topological polar surface area (TPSA) is 93.1 Å². The first kappa shape index (κ1) is 22.1. The van der Waals surface area contributed by atoms with Crippen molar-refractivity contribution in [1.29, 1.82) is 0 Å². The third kappa shape index (κ3) is 5.12. The van der Waals surface area contributed by atoms with E-state index in [2.05, 4.69) is 0 Å². The minimum absolute atomic E-state index is 0.184. The molecule has 30 heavy (non-hydrogen) atoms. The Morgan fingerprint density at radius 2 is 1.37 bits per heavy atom. The van der Waals surface area contributed by atoms with E-state index in [-0.39, 0.29) is 27.7 Å². The summed E-state index contributed by atoms with van der Waals surface area (Å²) in [6.45, 7) is 0. The minimum Gasteiger partial charge on any atom is -0.769 e. The first-order chi connectivity index (χ1) is 14.4. The van der Waals surface area contributed by atoms with Gasteiger partial charge in [-0.05, 0) is 28.8 Å². The summed E-state index contributed by atoms with van der Waals surface area (Å²) in [5.74, 6) is 0. The number of benzene rings is 3. The predicted molar refractivity (Wildman–Crippen MR) is 121 cm³/mol. The van der Waals surface area contributed by atoms with Crippen LogP contribution in [-0.4, -0.2) is 10.4 Å². The fourth-order valence-corrected chi connectivity index (χ4v) is 3.61. The Morgan fingerprint density at radius 1 is 0.767 bits per heavy atom. The molecule has 0 aliphatic carbocycles. The van der Waals surface area contributed by atoms with Crippen LogP contribution in [-0.2, 0) is 0 Å². The van der Waals surface area contributed by atoms with Gasteiger partial charge in [0.2, 0.25) is 0 Å². The summed E-state index contributed by atoms with van der Waals surface area (Å²) < 4.78 is 0. The molecule has 0 saturated carbocycles. The quantitative estimate of drug-likeness (QED) is 0.245. The average Bonchev–Trinajstić information content (AvgIpc) is 2.77. The maximum Gasteiger partial charge on any atom is 0.101 e. The summed E-state index contributed by atoms with van der Waals surface area (Å²) >= 11 is 13.1. The lowest BCUT2D eigenvalue weighted by molar-refractivity contribution is 0.0286. The minimum atomic E-state index is -0.893.